The molecule has 0 atom stereocenters. The largest absolute Gasteiger partial charge is 0.493 e. The van der Waals surface area contributed by atoms with Gasteiger partial charge < -0.3 is 19.5 Å². The molecule has 0 fully saturated rings. The molecule has 0 aromatic heterocycles. The first-order valence-electron chi connectivity index (χ1n) is 8.63. The van der Waals surface area contributed by atoms with Gasteiger partial charge in [-0.2, -0.15) is 0 Å². The zero-order chi connectivity index (χ0) is 19.1. The van der Waals surface area contributed by atoms with E-state index in [-0.39, 0.29) is 12.5 Å². The molecule has 2 aromatic carbocycles. The van der Waals surface area contributed by atoms with E-state index in [9.17, 15) is 4.79 Å². The molecule has 0 saturated carbocycles. The first-order valence-corrected chi connectivity index (χ1v) is 8.63. The lowest BCUT2D eigenvalue weighted by atomic mass is 10.1. The van der Waals surface area contributed by atoms with Crippen LogP contribution in [0.15, 0.2) is 30.3 Å². The first-order chi connectivity index (χ1) is 12.4. The monoisotopic (exact) mass is 357 g/mol. The zero-order valence-electron chi connectivity index (χ0n) is 16.1. The first kappa shape index (κ1) is 19.6. The van der Waals surface area contributed by atoms with Gasteiger partial charge in [-0.3, -0.25) is 4.79 Å². The van der Waals surface area contributed by atoms with Gasteiger partial charge in [0, 0.05) is 6.54 Å². The summed E-state index contributed by atoms with van der Waals surface area (Å²) in [4.78, 5) is 12.0. The summed E-state index contributed by atoms with van der Waals surface area (Å²) in [5.74, 6) is 1.99. The van der Waals surface area contributed by atoms with Crippen molar-refractivity contribution in [3.05, 3.63) is 52.6 Å². The summed E-state index contributed by atoms with van der Waals surface area (Å²) in [6.07, 6.45) is 0.703. The van der Waals surface area contributed by atoms with Gasteiger partial charge in [-0.25, -0.2) is 0 Å². The highest BCUT2D eigenvalue weighted by Gasteiger charge is 2.08. The van der Waals surface area contributed by atoms with E-state index in [0.717, 1.165) is 22.4 Å². The van der Waals surface area contributed by atoms with Crippen LogP contribution in [0.25, 0.3) is 0 Å². The van der Waals surface area contributed by atoms with Gasteiger partial charge in [0.25, 0.3) is 5.91 Å². The minimum absolute atomic E-state index is 0.00920. The molecule has 0 aliphatic heterocycles. The van der Waals surface area contributed by atoms with Crippen LogP contribution in [0.2, 0.25) is 0 Å². The van der Waals surface area contributed by atoms with Gasteiger partial charge in [0.2, 0.25) is 0 Å². The lowest BCUT2D eigenvalue weighted by molar-refractivity contribution is -0.123. The number of nitrogens with one attached hydrogen (secondary N) is 1. The van der Waals surface area contributed by atoms with Crippen LogP contribution in [0.5, 0.6) is 17.2 Å². The molecule has 5 nitrogen and oxygen atoms in total. The van der Waals surface area contributed by atoms with Gasteiger partial charge in [-0.1, -0.05) is 12.1 Å². The van der Waals surface area contributed by atoms with Crippen LogP contribution < -0.4 is 19.5 Å². The van der Waals surface area contributed by atoms with Crippen molar-refractivity contribution in [2.75, 3.05) is 27.4 Å². The number of ether oxygens (including phenoxy) is 3. The molecule has 0 unspecified atom stereocenters. The Labute approximate surface area is 155 Å². The summed E-state index contributed by atoms with van der Waals surface area (Å²) >= 11 is 0. The fourth-order valence-corrected chi connectivity index (χ4v) is 2.67. The molecule has 0 aliphatic carbocycles. The van der Waals surface area contributed by atoms with Crippen LogP contribution in [0, 0.1) is 20.8 Å². The summed E-state index contributed by atoms with van der Waals surface area (Å²) in [7, 11) is 3.21. The Balaban J connectivity index is 1.81. The molecule has 1 N–H and O–H groups in total. The minimum atomic E-state index is -0.136. The van der Waals surface area contributed by atoms with Crippen molar-refractivity contribution in [2.24, 2.45) is 0 Å². The molecule has 0 spiro atoms. The summed E-state index contributed by atoms with van der Waals surface area (Å²) in [6, 6.07) is 9.78. The van der Waals surface area contributed by atoms with E-state index in [2.05, 4.69) is 18.3 Å². The summed E-state index contributed by atoms with van der Waals surface area (Å²) in [5.41, 5.74) is 4.47. The van der Waals surface area contributed by atoms with Crippen molar-refractivity contribution < 1.29 is 19.0 Å². The molecule has 2 rings (SSSR count). The second-order valence-electron chi connectivity index (χ2n) is 6.28. The van der Waals surface area contributed by atoms with Crippen LogP contribution >= 0.6 is 0 Å². The molecule has 2 aromatic rings. The molecule has 1 amide bonds. The highest BCUT2D eigenvalue weighted by molar-refractivity contribution is 5.77. The standard InChI is InChI=1S/C21H27NO4/c1-14-10-16(3)19(11-15(14)2)26-13-21(23)22-9-8-17-6-7-18(24-4)20(12-17)25-5/h6-7,10-12H,8-9,13H2,1-5H3,(H,22,23). The fourth-order valence-electron chi connectivity index (χ4n) is 2.67. The van der Waals surface area contributed by atoms with E-state index in [1.54, 1.807) is 14.2 Å². The highest BCUT2D eigenvalue weighted by Crippen LogP contribution is 2.27. The quantitative estimate of drug-likeness (QED) is 0.787. The van der Waals surface area contributed by atoms with Gasteiger partial charge in [0.05, 0.1) is 14.2 Å². The van der Waals surface area contributed by atoms with Gasteiger partial charge in [0.1, 0.15) is 5.75 Å². The number of aryl methyl sites for hydroxylation is 3. The number of carbonyl (C=O) groups excluding carboxylic acids is 1. The van der Waals surface area contributed by atoms with Crippen molar-refractivity contribution >= 4 is 5.91 Å². The van der Waals surface area contributed by atoms with Gasteiger partial charge >= 0.3 is 0 Å². The Morgan fingerprint density at radius 2 is 1.58 bits per heavy atom. The maximum atomic E-state index is 12.0. The predicted molar refractivity (Wildman–Crippen MR) is 102 cm³/mol. The molecule has 26 heavy (non-hydrogen) atoms. The van der Waals surface area contributed by atoms with E-state index < -0.39 is 0 Å². The smallest absolute Gasteiger partial charge is 0.257 e. The molecular weight excluding hydrogens is 330 g/mol. The number of carbonyl (C=O) groups is 1. The fraction of sp³-hybridized carbons (Fsp3) is 0.381. The van der Waals surface area contributed by atoms with Gasteiger partial charge in [0.15, 0.2) is 18.1 Å². The normalized spacial score (nSPS) is 10.3. The Morgan fingerprint density at radius 3 is 2.27 bits per heavy atom. The number of rotatable bonds is 8. The molecular formula is C21H27NO4. The van der Waals surface area contributed by atoms with Crippen LogP contribution in [-0.4, -0.2) is 33.3 Å². The average molecular weight is 357 g/mol. The highest BCUT2D eigenvalue weighted by atomic mass is 16.5. The maximum Gasteiger partial charge on any atom is 0.257 e. The lowest BCUT2D eigenvalue weighted by Crippen LogP contribution is -2.30. The molecule has 0 heterocycles. The number of hydrogen-bond donors (Lipinski definition) is 1. The van der Waals surface area contributed by atoms with Crippen LogP contribution in [0.4, 0.5) is 0 Å². The Hall–Kier alpha value is -2.69. The summed E-state index contributed by atoms with van der Waals surface area (Å²) in [6.45, 7) is 6.62. The second-order valence-corrected chi connectivity index (χ2v) is 6.28. The Morgan fingerprint density at radius 1 is 0.885 bits per heavy atom. The SMILES string of the molecule is COc1ccc(CCNC(=O)COc2cc(C)c(C)cc2C)cc1OC. The van der Waals surface area contributed by atoms with Crippen LogP contribution in [0.3, 0.4) is 0 Å². The van der Waals surface area contributed by atoms with E-state index in [0.29, 0.717) is 24.5 Å². The van der Waals surface area contributed by atoms with E-state index >= 15 is 0 Å². The summed E-state index contributed by atoms with van der Waals surface area (Å²) in [5, 5.41) is 2.88. The summed E-state index contributed by atoms with van der Waals surface area (Å²) < 4.78 is 16.2. The van der Waals surface area contributed by atoms with Gasteiger partial charge in [-0.15, -0.1) is 0 Å². The molecule has 5 heteroatoms. The van der Waals surface area contributed by atoms with E-state index in [4.69, 9.17) is 14.2 Å². The lowest BCUT2D eigenvalue weighted by Gasteiger charge is -2.12. The number of hydrogen-bond acceptors (Lipinski definition) is 4. The zero-order valence-corrected chi connectivity index (χ0v) is 16.1. The Kier molecular flexibility index (Phi) is 6.89. The third-order valence-electron chi connectivity index (χ3n) is 4.33. The molecule has 140 valence electrons. The topological polar surface area (TPSA) is 56.8 Å². The van der Waals surface area contributed by atoms with E-state index in [1.807, 2.05) is 38.1 Å². The van der Waals surface area contributed by atoms with Crippen molar-refractivity contribution in [3.8, 4) is 17.2 Å². The van der Waals surface area contributed by atoms with Gasteiger partial charge in [-0.05, 0) is 67.6 Å². The van der Waals surface area contributed by atoms with Crippen molar-refractivity contribution in [2.45, 2.75) is 27.2 Å². The third kappa shape index (κ3) is 5.15. The number of methoxy groups -OCH3 is 2. The van der Waals surface area contributed by atoms with E-state index in [1.165, 1.54) is 5.56 Å². The molecule has 0 bridgehead atoms. The van der Waals surface area contributed by atoms with Crippen molar-refractivity contribution in [3.63, 3.8) is 0 Å². The molecule has 0 aliphatic rings. The second kappa shape index (κ2) is 9.13. The third-order valence-corrected chi connectivity index (χ3v) is 4.33. The Bertz CT molecular complexity index is 771. The average Bonchev–Trinajstić information content (AvgIpc) is 2.63. The number of amides is 1. The van der Waals surface area contributed by atoms with Crippen molar-refractivity contribution in [1.29, 1.82) is 0 Å². The van der Waals surface area contributed by atoms with Crippen molar-refractivity contribution in [1.82, 2.24) is 5.32 Å². The number of benzene rings is 2. The predicted octanol–water partition coefficient (Wildman–Crippen LogP) is 3.37. The maximum absolute atomic E-state index is 12.0. The van der Waals surface area contributed by atoms with Crippen LogP contribution in [-0.2, 0) is 11.2 Å². The molecule has 0 saturated heterocycles. The minimum Gasteiger partial charge on any atom is -0.493 e. The van der Waals surface area contributed by atoms with Crippen LogP contribution in [0.1, 0.15) is 22.3 Å². The molecule has 0 radical (unpaired) electrons.